The van der Waals surface area contributed by atoms with E-state index in [0.29, 0.717) is 5.75 Å². The molecule has 1 heterocycles. The Hall–Kier alpha value is -3.58. The summed E-state index contributed by atoms with van der Waals surface area (Å²) in [6, 6.07) is 2.85. The maximum absolute atomic E-state index is 12.8. The van der Waals surface area contributed by atoms with Gasteiger partial charge in [0.1, 0.15) is 18.1 Å². The highest BCUT2D eigenvalue weighted by molar-refractivity contribution is 7.98. The third-order valence-corrected chi connectivity index (χ3v) is 6.11. The van der Waals surface area contributed by atoms with Crippen LogP contribution >= 0.6 is 11.8 Å². The van der Waals surface area contributed by atoms with E-state index in [1.54, 1.807) is 6.20 Å². The largest absolute Gasteiger partial charge is 0.480 e. The van der Waals surface area contributed by atoms with Crippen molar-refractivity contribution in [3.05, 3.63) is 36.0 Å². The Morgan fingerprint density at radius 1 is 1.03 bits per heavy atom. The molecule has 0 aliphatic heterocycles. The van der Waals surface area contributed by atoms with Crippen LogP contribution in [0.25, 0.3) is 10.9 Å². The fourth-order valence-electron chi connectivity index (χ4n) is 3.49. The van der Waals surface area contributed by atoms with E-state index in [4.69, 9.17) is 11.5 Å². The molecule has 0 fully saturated rings. The number of amides is 4. The molecule has 0 spiro atoms. The number of rotatable bonds is 14. The van der Waals surface area contributed by atoms with Gasteiger partial charge in [-0.1, -0.05) is 18.2 Å². The van der Waals surface area contributed by atoms with Crippen molar-refractivity contribution in [1.29, 1.82) is 0 Å². The molecule has 9 N–H and O–H groups in total. The van der Waals surface area contributed by atoms with E-state index in [9.17, 15) is 29.1 Å². The number of nitrogens with two attached hydrogens (primary N) is 2. The average molecular weight is 521 g/mol. The van der Waals surface area contributed by atoms with Gasteiger partial charge in [-0.15, -0.1) is 0 Å². The van der Waals surface area contributed by atoms with E-state index in [0.717, 1.165) is 16.5 Å². The molecule has 0 saturated heterocycles. The summed E-state index contributed by atoms with van der Waals surface area (Å²) >= 11 is 1.45. The molecule has 0 saturated carbocycles. The Kier molecular flexibility index (Phi) is 10.7. The zero-order chi connectivity index (χ0) is 26.8. The Bertz CT molecular complexity index is 1110. The first-order valence-corrected chi connectivity index (χ1v) is 12.6. The first kappa shape index (κ1) is 28.7. The van der Waals surface area contributed by atoms with Gasteiger partial charge < -0.3 is 37.5 Å². The minimum absolute atomic E-state index is 0.0376. The van der Waals surface area contributed by atoms with Crippen LogP contribution in [0.1, 0.15) is 25.3 Å². The molecule has 2 rings (SSSR count). The Balaban J connectivity index is 2.02. The minimum Gasteiger partial charge on any atom is -0.480 e. The summed E-state index contributed by atoms with van der Waals surface area (Å²) in [5.41, 5.74) is 12.3. The summed E-state index contributed by atoms with van der Waals surface area (Å²) in [7, 11) is 0. The Labute approximate surface area is 212 Å². The van der Waals surface area contributed by atoms with E-state index < -0.39 is 53.8 Å². The van der Waals surface area contributed by atoms with Gasteiger partial charge in [0.25, 0.3) is 0 Å². The van der Waals surface area contributed by atoms with Crippen LogP contribution in [0.5, 0.6) is 0 Å². The molecule has 12 nitrogen and oxygen atoms in total. The van der Waals surface area contributed by atoms with Gasteiger partial charge in [0.2, 0.25) is 23.6 Å². The minimum atomic E-state index is -1.23. The first-order chi connectivity index (χ1) is 17.0. The molecule has 4 unspecified atom stereocenters. The predicted molar refractivity (Wildman–Crippen MR) is 136 cm³/mol. The summed E-state index contributed by atoms with van der Waals surface area (Å²) in [6.07, 6.45) is 3.42. The number of primary amides is 1. The molecule has 2 aromatic rings. The number of aromatic amines is 1. The quantitative estimate of drug-likeness (QED) is 0.168. The van der Waals surface area contributed by atoms with Crippen LogP contribution in [0, 0.1) is 0 Å². The average Bonchev–Trinajstić information content (AvgIpc) is 3.23. The molecule has 0 aliphatic rings. The van der Waals surface area contributed by atoms with Crippen LogP contribution in [-0.2, 0) is 30.4 Å². The second-order valence-corrected chi connectivity index (χ2v) is 9.30. The Morgan fingerprint density at radius 2 is 1.69 bits per heavy atom. The van der Waals surface area contributed by atoms with Crippen LogP contribution in [0.15, 0.2) is 30.5 Å². The molecule has 196 valence electrons. The number of H-pyrrole nitrogens is 1. The zero-order valence-corrected chi connectivity index (χ0v) is 20.9. The summed E-state index contributed by atoms with van der Waals surface area (Å²) in [5.74, 6) is -3.52. The maximum atomic E-state index is 12.8. The number of nitrogens with one attached hydrogen (secondary N) is 4. The van der Waals surface area contributed by atoms with Crippen molar-refractivity contribution in [2.45, 2.75) is 50.4 Å². The van der Waals surface area contributed by atoms with Crippen molar-refractivity contribution in [3.8, 4) is 0 Å². The fraction of sp³-hybridized carbons (Fsp3) is 0.435. The number of carboxylic acid groups (broad SMARTS) is 1. The molecular weight excluding hydrogens is 488 g/mol. The van der Waals surface area contributed by atoms with E-state index in [-0.39, 0.29) is 19.3 Å². The van der Waals surface area contributed by atoms with E-state index in [2.05, 4.69) is 20.9 Å². The molecule has 0 aliphatic carbocycles. The number of hydrogen-bond acceptors (Lipinski definition) is 7. The lowest BCUT2D eigenvalue weighted by atomic mass is 10.0. The maximum Gasteiger partial charge on any atom is 0.326 e. The number of carboxylic acids is 1. The lowest BCUT2D eigenvalue weighted by molar-refractivity contribution is -0.142. The van der Waals surface area contributed by atoms with Gasteiger partial charge in [-0.25, -0.2) is 4.79 Å². The standard InChI is InChI=1S/C23H32N6O6S/c1-12(27-22(33)17(7-8-36-2)28-21(32)15(24)10-19(25)30)20(31)29-18(23(34)35)9-13-11-26-16-6-4-3-5-14(13)16/h3-6,11-12,15,17-18,26H,7-10,24H2,1-2H3,(H2,25,30)(H,27,33)(H,28,32)(H,29,31)(H,34,35). The number of para-hydroxylation sites is 1. The fourth-order valence-corrected chi connectivity index (χ4v) is 3.96. The highest BCUT2D eigenvalue weighted by atomic mass is 32.2. The molecule has 0 radical (unpaired) electrons. The van der Waals surface area contributed by atoms with Gasteiger partial charge in [-0.2, -0.15) is 11.8 Å². The summed E-state index contributed by atoms with van der Waals surface area (Å²) < 4.78 is 0. The van der Waals surface area contributed by atoms with Crippen LogP contribution in [0.3, 0.4) is 0 Å². The number of carbonyl (C=O) groups is 5. The van der Waals surface area contributed by atoms with Gasteiger partial charge in [-0.3, -0.25) is 19.2 Å². The van der Waals surface area contributed by atoms with E-state index in [1.165, 1.54) is 18.7 Å². The number of aliphatic carboxylic acids is 1. The smallest absolute Gasteiger partial charge is 0.326 e. The van der Waals surface area contributed by atoms with Crippen LogP contribution in [0.4, 0.5) is 0 Å². The third kappa shape index (κ3) is 8.27. The number of aromatic nitrogens is 1. The van der Waals surface area contributed by atoms with Crippen molar-refractivity contribution in [2.24, 2.45) is 11.5 Å². The summed E-state index contributed by atoms with van der Waals surface area (Å²) in [4.78, 5) is 63.7. The molecule has 13 heteroatoms. The van der Waals surface area contributed by atoms with Crippen molar-refractivity contribution in [1.82, 2.24) is 20.9 Å². The summed E-state index contributed by atoms with van der Waals surface area (Å²) in [5, 5.41) is 17.9. The molecule has 4 amide bonds. The van der Waals surface area contributed by atoms with Gasteiger partial charge in [0.05, 0.1) is 12.5 Å². The molecule has 1 aromatic carbocycles. The molecular formula is C23H32N6O6S. The lowest BCUT2D eigenvalue weighted by Crippen LogP contribution is -2.56. The lowest BCUT2D eigenvalue weighted by Gasteiger charge is -2.23. The van der Waals surface area contributed by atoms with Crippen LogP contribution in [0.2, 0.25) is 0 Å². The molecule has 4 atom stereocenters. The van der Waals surface area contributed by atoms with Gasteiger partial charge >= 0.3 is 5.97 Å². The topological polar surface area (TPSA) is 209 Å². The van der Waals surface area contributed by atoms with Crippen molar-refractivity contribution >= 4 is 52.3 Å². The highest BCUT2D eigenvalue weighted by Gasteiger charge is 2.29. The van der Waals surface area contributed by atoms with Crippen molar-refractivity contribution < 1.29 is 29.1 Å². The number of thioether (sulfide) groups is 1. The first-order valence-electron chi connectivity index (χ1n) is 11.2. The van der Waals surface area contributed by atoms with E-state index >= 15 is 0 Å². The number of benzene rings is 1. The van der Waals surface area contributed by atoms with Gasteiger partial charge in [-0.05, 0) is 37.0 Å². The van der Waals surface area contributed by atoms with Crippen LogP contribution < -0.4 is 27.4 Å². The van der Waals surface area contributed by atoms with Crippen molar-refractivity contribution in [2.75, 3.05) is 12.0 Å². The van der Waals surface area contributed by atoms with Crippen molar-refractivity contribution in [3.63, 3.8) is 0 Å². The highest BCUT2D eigenvalue weighted by Crippen LogP contribution is 2.19. The summed E-state index contributed by atoms with van der Waals surface area (Å²) in [6.45, 7) is 1.41. The Morgan fingerprint density at radius 3 is 2.33 bits per heavy atom. The zero-order valence-electron chi connectivity index (χ0n) is 20.1. The molecule has 36 heavy (non-hydrogen) atoms. The SMILES string of the molecule is CSCCC(NC(=O)C(N)CC(N)=O)C(=O)NC(C)C(=O)NC(Cc1c[nH]c2ccccc12)C(=O)O. The van der Waals surface area contributed by atoms with Gasteiger partial charge in [0.15, 0.2) is 0 Å². The third-order valence-electron chi connectivity index (χ3n) is 5.47. The monoisotopic (exact) mass is 520 g/mol. The van der Waals surface area contributed by atoms with E-state index in [1.807, 2.05) is 30.5 Å². The number of carbonyl (C=O) groups excluding carboxylic acids is 4. The van der Waals surface area contributed by atoms with Gasteiger partial charge in [0, 0.05) is 23.5 Å². The number of fused-ring (bicyclic) bond motifs is 1. The second kappa shape index (κ2) is 13.5. The normalized spacial score (nSPS) is 14.3. The van der Waals surface area contributed by atoms with Crippen LogP contribution in [-0.4, -0.2) is 75.9 Å². The molecule has 0 bridgehead atoms. The predicted octanol–water partition coefficient (Wildman–Crippen LogP) is -0.775. The second-order valence-electron chi connectivity index (χ2n) is 8.31. The molecule has 1 aromatic heterocycles. The number of hydrogen-bond donors (Lipinski definition) is 7.